The van der Waals surface area contributed by atoms with Gasteiger partial charge in [-0.15, -0.1) is 24.8 Å². The summed E-state index contributed by atoms with van der Waals surface area (Å²) in [7, 11) is 1.35. The van der Waals surface area contributed by atoms with E-state index in [0.717, 1.165) is 5.75 Å². The Labute approximate surface area is 89.6 Å². The number of halogens is 2. The first-order valence-electron chi connectivity index (χ1n) is 3.04. The molecule has 0 rings (SSSR count). The van der Waals surface area contributed by atoms with Gasteiger partial charge in [0.2, 0.25) is 0 Å². The number of methoxy groups -OCH3 is 1. The van der Waals surface area contributed by atoms with E-state index in [1.165, 1.54) is 7.11 Å². The lowest BCUT2D eigenvalue weighted by molar-refractivity contribution is -0.142. The van der Waals surface area contributed by atoms with E-state index in [1.807, 2.05) is 6.26 Å². The molecule has 0 heterocycles. The number of thioether (sulfide) groups is 1. The molecule has 0 radical (unpaired) electrons. The van der Waals surface area contributed by atoms with Crippen LogP contribution in [0.4, 0.5) is 0 Å². The van der Waals surface area contributed by atoms with Gasteiger partial charge in [-0.2, -0.15) is 11.8 Å². The van der Waals surface area contributed by atoms with E-state index < -0.39 is 6.04 Å². The summed E-state index contributed by atoms with van der Waals surface area (Å²) < 4.78 is 4.44. The minimum atomic E-state index is -0.447. The Balaban J connectivity index is -0.000000405. The van der Waals surface area contributed by atoms with Gasteiger partial charge in [0.1, 0.15) is 6.04 Å². The Morgan fingerprint density at radius 1 is 1.58 bits per heavy atom. The SMILES string of the molecule is COC(=O)[C@@H](N)CCSC.Cl.Cl. The maximum Gasteiger partial charge on any atom is 0.322 e. The van der Waals surface area contributed by atoms with E-state index in [9.17, 15) is 4.79 Å². The van der Waals surface area contributed by atoms with Crippen LogP contribution in [0.3, 0.4) is 0 Å². The molecule has 2 N–H and O–H groups in total. The molecule has 0 spiro atoms. The van der Waals surface area contributed by atoms with Crippen LogP contribution in [0.25, 0.3) is 0 Å². The lowest BCUT2D eigenvalue weighted by Crippen LogP contribution is -2.31. The zero-order valence-corrected chi connectivity index (χ0v) is 9.56. The minimum absolute atomic E-state index is 0. The quantitative estimate of drug-likeness (QED) is 0.742. The number of hydrogen-bond acceptors (Lipinski definition) is 4. The molecular formula is C6H15Cl2NO2S. The van der Waals surface area contributed by atoms with Crippen LogP contribution in [0.5, 0.6) is 0 Å². The fourth-order valence-electron chi connectivity index (χ4n) is 0.514. The molecule has 0 aromatic heterocycles. The molecule has 3 nitrogen and oxygen atoms in total. The van der Waals surface area contributed by atoms with Crippen molar-refractivity contribution in [3.63, 3.8) is 0 Å². The molecule has 0 aromatic rings. The Morgan fingerprint density at radius 2 is 2.08 bits per heavy atom. The van der Waals surface area contributed by atoms with Gasteiger partial charge < -0.3 is 10.5 Å². The second kappa shape index (κ2) is 11.4. The van der Waals surface area contributed by atoms with Crippen LogP contribution in [-0.2, 0) is 9.53 Å². The van der Waals surface area contributed by atoms with E-state index in [-0.39, 0.29) is 30.8 Å². The summed E-state index contributed by atoms with van der Waals surface area (Å²) in [5.74, 6) is 0.574. The average Bonchev–Trinajstić information content (AvgIpc) is 1.98. The molecular weight excluding hydrogens is 221 g/mol. The van der Waals surface area contributed by atoms with E-state index in [4.69, 9.17) is 5.73 Å². The summed E-state index contributed by atoms with van der Waals surface area (Å²) in [6.45, 7) is 0. The lowest BCUT2D eigenvalue weighted by Gasteiger charge is -2.06. The van der Waals surface area contributed by atoms with Crippen LogP contribution >= 0.6 is 36.6 Å². The van der Waals surface area contributed by atoms with Gasteiger partial charge in [0.15, 0.2) is 0 Å². The summed E-state index contributed by atoms with van der Waals surface area (Å²) >= 11 is 1.67. The van der Waals surface area contributed by atoms with Gasteiger partial charge >= 0.3 is 5.97 Å². The summed E-state index contributed by atoms with van der Waals surface area (Å²) in [5, 5.41) is 0. The molecule has 0 fully saturated rings. The molecule has 0 saturated carbocycles. The smallest absolute Gasteiger partial charge is 0.322 e. The molecule has 1 atom stereocenters. The third-order valence-corrected chi connectivity index (χ3v) is 1.78. The zero-order valence-electron chi connectivity index (χ0n) is 7.11. The van der Waals surface area contributed by atoms with Crippen LogP contribution in [0.15, 0.2) is 0 Å². The van der Waals surface area contributed by atoms with Crippen molar-refractivity contribution in [3.05, 3.63) is 0 Å². The molecule has 76 valence electrons. The standard InChI is InChI=1S/C6H13NO2S.2ClH/c1-9-6(8)5(7)3-4-10-2;;/h5H,3-4,7H2,1-2H3;2*1H/t5-;;/m0../s1. The highest BCUT2D eigenvalue weighted by molar-refractivity contribution is 7.98. The lowest BCUT2D eigenvalue weighted by atomic mass is 10.2. The van der Waals surface area contributed by atoms with Gasteiger partial charge in [0.25, 0.3) is 0 Å². The average molecular weight is 236 g/mol. The molecule has 0 aromatic carbocycles. The summed E-state index contributed by atoms with van der Waals surface area (Å²) in [6, 6.07) is -0.447. The molecule has 0 aliphatic heterocycles. The second-order valence-electron chi connectivity index (χ2n) is 1.91. The zero-order chi connectivity index (χ0) is 7.98. The first kappa shape index (κ1) is 18.2. The largest absolute Gasteiger partial charge is 0.468 e. The maximum atomic E-state index is 10.7. The molecule has 0 aliphatic carbocycles. The number of carbonyl (C=O) groups excluding carboxylic acids is 1. The number of esters is 1. The van der Waals surface area contributed by atoms with E-state index in [0.29, 0.717) is 6.42 Å². The van der Waals surface area contributed by atoms with Crippen molar-refractivity contribution in [2.24, 2.45) is 5.73 Å². The molecule has 0 bridgehead atoms. The molecule has 6 heteroatoms. The third kappa shape index (κ3) is 8.46. The molecule has 0 saturated heterocycles. The van der Waals surface area contributed by atoms with Crippen molar-refractivity contribution in [1.82, 2.24) is 0 Å². The van der Waals surface area contributed by atoms with Gasteiger partial charge in [0, 0.05) is 0 Å². The Morgan fingerprint density at radius 3 is 2.42 bits per heavy atom. The predicted octanol–water partition coefficient (Wildman–Crippen LogP) is 1.08. The van der Waals surface area contributed by atoms with Gasteiger partial charge in [0.05, 0.1) is 7.11 Å². The fraction of sp³-hybridized carbons (Fsp3) is 0.833. The van der Waals surface area contributed by atoms with E-state index >= 15 is 0 Å². The molecule has 0 unspecified atom stereocenters. The summed E-state index contributed by atoms with van der Waals surface area (Å²) in [6.07, 6.45) is 2.66. The number of rotatable bonds is 4. The Hall–Kier alpha value is 0.360. The van der Waals surface area contributed by atoms with E-state index in [2.05, 4.69) is 4.74 Å². The van der Waals surface area contributed by atoms with Crippen molar-refractivity contribution in [1.29, 1.82) is 0 Å². The van der Waals surface area contributed by atoms with Crippen molar-refractivity contribution in [2.45, 2.75) is 12.5 Å². The van der Waals surface area contributed by atoms with Crippen molar-refractivity contribution in [3.8, 4) is 0 Å². The first-order chi connectivity index (χ1) is 4.72. The number of hydrogen-bond donors (Lipinski definition) is 1. The first-order valence-corrected chi connectivity index (χ1v) is 4.44. The highest BCUT2D eigenvalue weighted by Gasteiger charge is 2.11. The third-order valence-electron chi connectivity index (χ3n) is 1.14. The van der Waals surface area contributed by atoms with Crippen LogP contribution < -0.4 is 5.73 Å². The summed E-state index contributed by atoms with van der Waals surface area (Å²) in [5.41, 5.74) is 5.43. The number of nitrogens with two attached hydrogens (primary N) is 1. The van der Waals surface area contributed by atoms with E-state index in [1.54, 1.807) is 11.8 Å². The van der Waals surface area contributed by atoms with Gasteiger partial charge in [-0.25, -0.2) is 0 Å². The number of ether oxygens (including phenoxy) is 1. The monoisotopic (exact) mass is 235 g/mol. The van der Waals surface area contributed by atoms with Crippen molar-refractivity contribution >= 4 is 42.5 Å². The van der Waals surface area contributed by atoms with Crippen LogP contribution in [0.2, 0.25) is 0 Å². The maximum absolute atomic E-state index is 10.7. The van der Waals surface area contributed by atoms with Gasteiger partial charge in [-0.1, -0.05) is 0 Å². The minimum Gasteiger partial charge on any atom is -0.468 e. The molecule has 0 aliphatic rings. The van der Waals surface area contributed by atoms with Crippen LogP contribution in [0.1, 0.15) is 6.42 Å². The highest BCUT2D eigenvalue weighted by atomic mass is 35.5. The highest BCUT2D eigenvalue weighted by Crippen LogP contribution is 1.99. The van der Waals surface area contributed by atoms with Crippen molar-refractivity contribution < 1.29 is 9.53 Å². The second-order valence-corrected chi connectivity index (χ2v) is 2.90. The Kier molecular flexibility index (Phi) is 17.2. The predicted molar refractivity (Wildman–Crippen MR) is 57.5 cm³/mol. The van der Waals surface area contributed by atoms with Gasteiger partial charge in [-0.05, 0) is 18.4 Å². The molecule has 12 heavy (non-hydrogen) atoms. The van der Waals surface area contributed by atoms with Crippen LogP contribution in [0, 0.1) is 0 Å². The van der Waals surface area contributed by atoms with Gasteiger partial charge in [-0.3, -0.25) is 4.79 Å². The normalized spacial score (nSPS) is 10.6. The fourth-order valence-corrected chi connectivity index (χ4v) is 1.00. The Bertz CT molecular complexity index is 116. The van der Waals surface area contributed by atoms with Crippen LogP contribution in [-0.4, -0.2) is 31.1 Å². The topological polar surface area (TPSA) is 52.3 Å². The summed E-state index contributed by atoms with van der Waals surface area (Å²) in [4.78, 5) is 10.7. The molecule has 0 amide bonds. The number of carbonyl (C=O) groups is 1. The van der Waals surface area contributed by atoms with Crippen molar-refractivity contribution in [2.75, 3.05) is 19.1 Å².